The van der Waals surface area contributed by atoms with Crippen molar-refractivity contribution in [3.8, 4) is 0 Å². The lowest BCUT2D eigenvalue weighted by Gasteiger charge is -2.16. The predicted molar refractivity (Wildman–Crippen MR) is 110 cm³/mol. The molecular formula is C21H20BrN3O2. The fourth-order valence-corrected chi connectivity index (χ4v) is 3.88. The first-order valence-corrected chi connectivity index (χ1v) is 10.0. The largest absolute Gasteiger partial charge is 0.321 e. The summed E-state index contributed by atoms with van der Waals surface area (Å²) in [7, 11) is 0. The van der Waals surface area contributed by atoms with E-state index in [1.807, 2.05) is 28.8 Å². The molecular weight excluding hydrogens is 406 g/mol. The highest BCUT2D eigenvalue weighted by Gasteiger charge is 2.15. The van der Waals surface area contributed by atoms with Crippen molar-refractivity contribution in [2.45, 2.75) is 38.6 Å². The van der Waals surface area contributed by atoms with Crippen molar-refractivity contribution in [2.24, 2.45) is 0 Å². The Bertz CT molecular complexity index is 1070. The Morgan fingerprint density at radius 2 is 1.89 bits per heavy atom. The van der Waals surface area contributed by atoms with Gasteiger partial charge in [-0.2, -0.15) is 0 Å². The van der Waals surface area contributed by atoms with Gasteiger partial charge in [-0.3, -0.25) is 14.2 Å². The molecule has 0 spiro atoms. The van der Waals surface area contributed by atoms with Gasteiger partial charge in [-0.1, -0.05) is 25.0 Å². The second kappa shape index (κ2) is 7.64. The zero-order chi connectivity index (χ0) is 18.8. The zero-order valence-electron chi connectivity index (χ0n) is 14.9. The van der Waals surface area contributed by atoms with Crippen LogP contribution in [0.4, 0.5) is 5.69 Å². The first-order chi connectivity index (χ1) is 13.1. The molecule has 3 aromatic rings. The maximum absolute atomic E-state index is 12.9. The summed E-state index contributed by atoms with van der Waals surface area (Å²) in [5, 5.41) is 3.46. The third kappa shape index (κ3) is 3.67. The molecule has 1 N–H and O–H groups in total. The molecule has 0 bridgehead atoms. The number of nitrogens with one attached hydrogen (secondary N) is 1. The fraction of sp³-hybridized carbons (Fsp3) is 0.286. The molecule has 0 unspecified atom stereocenters. The van der Waals surface area contributed by atoms with Crippen molar-refractivity contribution >= 4 is 38.4 Å². The molecule has 138 valence electrons. The van der Waals surface area contributed by atoms with Gasteiger partial charge in [0.25, 0.3) is 11.5 Å². The lowest BCUT2D eigenvalue weighted by Crippen LogP contribution is -2.26. The summed E-state index contributed by atoms with van der Waals surface area (Å²) in [6, 6.07) is 12.6. The van der Waals surface area contributed by atoms with Crippen LogP contribution in [-0.2, 0) is 13.0 Å². The summed E-state index contributed by atoms with van der Waals surface area (Å²) in [6.45, 7) is 0.724. The van der Waals surface area contributed by atoms with Gasteiger partial charge in [0.1, 0.15) is 5.82 Å². The number of hydrogen-bond acceptors (Lipinski definition) is 3. The van der Waals surface area contributed by atoms with Gasteiger partial charge in [0.05, 0.1) is 16.6 Å². The number of hydrogen-bond donors (Lipinski definition) is 1. The van der Waals surface area contributed by atoms with Crippen molar-refractivity contribution in [2.75, 3.05) is 5.32 Å². The molecule has 0 saturated heterocycles. The van der Waals surface area contributed by atoms with E-state index in [1.54, 1.807) is 18.2 Å². The normalized spacial score (nSPS) is 14.3. The Balaban J connectivity index is 1.71. The molecule has 2 heterocycles. The van der Waals surface area contributed by atoms with Gasteiger partial charge >= 0.3 is 0 Å². The maximum Gasteiger partial charge on any atom is 0.261 e. The van der Waals surface area contributed by atoms with E-state index in [9.17, 15) is 9.59 Å². The zero-order valence-corrected chi connectivity index (χ0v) is 16.5. The van der Waals surface area contributed by atoms with Crippen LogP contribution >= 0.6 is 15.9 Å². The number of rotatable bonds is 2. The molecule has 1 aliphatic rings. The van der Waals surface area contributed by atoms with E-state index in [0.717, 1.165) is 42.5 Å². The predicted octanol–water partition coefficient (Wildman–Crippen LogP) is 4.53. The number of aryl methyl sites for hydroxylation is 1. The molecule has 1 aromatic heterocycles. The van der Waals surface area contributed by atoms with Crippen LogP contribution in [0.3, 0.4) is 0 Å². The molecule has 4 rings (SSSR count). The molecule has 1 aliphatic heterocycles. The summed E-state index contributed by atoms with van der Waals surface area (Å²) < 4.78 is 2.62. The number of halogens is 1. The van der Waals surface area contributed by atoms with E-state index < -0.39 is 0 Å². The number of carbonyl (C=O) groups excluding carboxylic acids is 1. The molecule has 0 radical (unpaired) electrons. The van der Waals surface area contributed by atoms with Crippen LogP contribution in [0, 0.1) is 0 Å². The van der Waals surface area contributed by atoms with Gasteiger partial charge in [0.15, 0.2) is 0 Å². The van der Waals surface area contributed by atoms with Crippen LogP contribution < -0.4 is 10.9 Å². The van der Waals surface area contributed by atoms with Crippen LogP contribution in [0.15, 0.2) is 51.7 Å². The molecule has 0 saturated carbocycles. The van der Waals surface area contributed by atoms with E-state index in [0.29, 0.717) is 22.2 Å². The summed E-state index contributed by atoms with van der Waals surface area (Å²) in [5.74, 6) is 0.605. The Kier molecular flexibility index (Phi) is 5.07. The monoisotopic (exact) mass is 425 g/mol. The van der Waals surface area contributed by atoms with E-state index in [2.05, 4.69) is 21.2 Å². The third-order valence-electron chi connectivity index (χ3n) is 4.95. The van der Waals surface area contributed by atoms with Crippen molar-refractivity contribution in [1.82, 2.24) is 9.55 Å². The Hall–Kier alpha value is -2.47. The number of anilines is 1. The highest BCUT2D eigenvalue weighted by molar-refractivity contribution is 9.10. The quantitative estimate of drug-likeness (QED) is 0.655. The van der Waals surface area contributed by atoms with Crippen LogP contribution in [-0.4, -0.2) is 15.5 Å². The van der Waals surface area contributed by atoms with Crippen molar-refractivity contribution in [3.63, 3.8) is 0 Å². The Morgan fingerprint density at radius 3 is 2.74 bits per heavy atom. The molecule has 2 aromatic carbocycles. The standard InChI is InChI=1S/C21H20BrN3O2/c22-16-7-4-5-8-17(16)24-20(26)14-10-11-15-18(13-14)23-19-9-3-1-2-6-12-25(19)21(15)27/h4-5,7-8,10-11,13H,1-3,6,9,12H2,(H,24,26). The van der Waals surface area contributed by atoms with Crippen molar-refractivity contribution < 1.29 is 4.79 Å². The lowest BCUT2D eigenvalue weighted by atomic mass is 10.1. The molecule has 0 atom stereocenters. The minimum absolute atomic E-state index is 0.00494. The van der Waals surface area contributed by atoms with Gasteiger partial charge in [0.2, 0.25) is 0 Å². The average molecular weight is 426 g/mol. The minimum Gasteiger partial charge on any atom is -0.321 e. The van der Waals surface area contributed by atoms with Crippen LogP contribution in [0.5, 0.6) is 0 Å². The molecule has 0 fully saturated rings. The summed E-state index contributed by atoms with van der Waals surface area (Å²) in [5.41, 5.74) is 1.77. The van der Waals surface area contributed by atoms with Crippen molar-refractivity contribution in [1.29, 1.82) is 0 Å². The van der Waals surface area contributed by atoms with E-state index in [1.165, 1.54) is 6.42 Å². The second-order valence-electron chi connectivity index (χ2n) is 6.81. The van der Waals surface area contributed by atoms with Crippen LogP contribution in [0.25, 0.3) is 10.9 Å². The Labute approximate surface area is 165 Å². The third-order valence-corrected chi connectivity index (χ3v) is 5.64. The van der Waals surface area contributed by atoms with Crippen LogP contribution in [0.1, 0.15) is 41.9 Å². The van der Waals surface area contributed by atoms with Gasteiger partial charge < -0.3 is 5.32 Å². The molecule has 5 nitrogen and oxygen atoms in total. The first-order valence-electron chi connectivity index (χ1n) is 9.23. The van der Waals surface area contributed by atoms with E-state index >= 15 is 0 Å². The number of nitrogens with zero attached hydrogens (tertiary/aromatic N) is 2. The van der Waals surface area contributed by atoms with Gasteiger partial charge in [-0.05, 0) is 59.1 Å². The molecule has 0 aliphatic carbocycles. The lowest BCUT2D eigenvalue weighted by molar-refractivity contribution is 0.102. The molecule has 6 heteroatoms. The summed E-state index contributed by atoms with van der Waals surface area (Å²) in [6.07, 6.45) is 5.17. The average Bonchev–Trinajstić information content (AvgIpc) is 2.65. The highest BCUT2D eigenvalue weighted by atomic mass is 79.9. The maximum atomic E-state index is 12.9. The number of carbonyl (C=O) groups is 1. The highest BCUT2D eigenvalue weighted by Crippen LogP contribution is 2.22. The van der Waals surface area contributed by atoms with Gasteiger partial charge in [-0.25, -0.2) is 4.98 Å². The number of fused-ring (bicyclic) bond motifs is 2. The molecule has 27 heavy (non-hydrogen) atoms. The molecule has 1 amide bonds. The van der Waals surface area contributed by atoms with Gasteiger partial charge in [0, 0.05) is 23.0 Å². The summed E-state index contributed by atoms with van der Waals surface area (Å²) in [4.78, 5) is 30.2. The minimum atomic E-state index is -0.225. The van der Waals surface area contributed by atoms with Crippen molar-refractivity contribution in [3.05, 3.63) is 68.7 Å². The van der Waals surface area contributed by atoms with E-state index in [-0.39, 0.29) is 11.5 Å². The first kappa shape index (κ1) is 17.9. The second-order valence-corrected chi connectivity index (χ2v) is 7.67. The fourth-order valence-electron chi connectivity index (χ4n) is 3.49. The SMILES string of the molecule is O=C(Nc1ccccc1Br)c1ccc2c(=O)n3c(nc2c1)CCCCCC3. The number of para-hydroxylation sites is 1. The number of aromatic nitrogens is 2. The van der Waals surface area contributed by atoms with E-state index in [4.69, 9.17) is 4.98 Å². The smallest absolute Gasteiger partial charge is 0.261 e. The van der Waals surface area contributed by atoms with Crippen LogP contribution in [0.2, 0.25) is 0 Å². The topological polar surface area (TPSA) is 64.0 Å². The number of benzene rings is 2. The number of amides is 1. The summed E-state index contributed by atoms with van der Waals surface area (Å²) >= 11 is 3.43. The Morgan fingerprint density at radius 1 is 1.07 bits per heavy atom. The van der Waals surface area contributed by atoms with Gasteiger partial charge in [-0.15, -0.1) is 0 Å².